The Bertz CT molecular complexity index is 547. The summed E-state index contributed by atoms with van der Waals surface area (Å²) in [6.45, 7) is 3.28. The number of anilines is 1. The maximum Gasteiger partial charge on any atom is 0.416 e. The van der Waals surface area contributed by atoms with Crippen molar-refractivity contribution >= 4 is 11.7 Å². The summed E-state index contributed by atoms with van der Waals surface area (Å²) in [5, 5.41) is 20.0. The number of rotatable bonds is 4. The molecule has 1 unspecified atom stereocenters. The number of nitriles is 1. The van der Waals surface area contributed by atoms with Crippen molar-refractivity contribution in [3.05, 3.63) is 42.0 Å². The van der Waals surface area contributed by atoms with E-state index in [-0.39, 0.29) is 11.3 Å². The van der Waals surface area contributed by atoms with Crippen LogP contribution in [0.2, 0.25) is 0 Å². The highest BCUT2D eigenvalue weighted by molar-refractivity contribution is 5.80. The molecular weight excluding hydrogens is 261 g/mol. The molecule has 0 radical (unpaired) electrons. The van der Waals surface area contributed by atoms with Gasteiger partial charge < -0.3 is 10.4 Å². The lowest BCUT2D eigenvalue weighted by Gasteiger charge is -2.14. The first-order valence-electron chi connectivity index (χ1n) is 5.03. The fourth-order valence-electron chi connectivity index (χ4n) is 1.33. The molecule has 0 aromatic heterocycles. The van der Waals surface area contributed by atoms with E-state index in [0.29, 0.717) is 6.07 Å². The zero-order chi connectivity index (χ0) is 14.6. The monoisotopic (exact) mass is 270 g/mol. The van der Waals surface area contributed by atoms with Gasteiger partial charge in [-0.15, -0.1) is 6.58 Å². The highest BCUT2D eigenvalue weighted by Gasteiger charge is 2.31. The third-order valence-electron chi connectivity index (χ3n) is 2.28. The van der Waals surface area contributed by atoms with E-state index < -0.39 is 23.8 Å². The summed E-state index contributed by atoms with van der Waals surface area (Å²) in [6.07, 6.45) is -3.49. The van der Waals surface area contributed by atoms with Gasteiger partial charge in [0.25, 0.3) is 0 Å². The van der Waals surface area contributed by atoms with Crippen LogP contribution in [0.15, 0.2) is 30.9 Å². The Morgan fingerprint density at radius 3 is 2.58 bits per heavy atom. The van der Waals surface area contributed by atoms with E-state index in [4.69, 9.17) is 10.4 Å². The smallest absolute Gasteiger partial charge is 0.416 e. The second-order valence-electron chi connectivity index (χ2n) is 3.57. The van der Waals surface area contributed by atoms with Crippen LogP contribution in [0.3, 0.4) is 0 Å². The van der Waals surface area contributed by atoms with Gasteiger partial charge in [-0.25, -0.2) is 4.79 Å². The van der Waals surface area contributed by atoms with Gasteiger partial charge in [0.2, 0.25) is 0 Å². The number of nitrogens with zero attached hydrogens (tertiary/aromatic N) is 1. The van der Waals surface area contributed by atoms with E-state index in [2.05, 4.69) is 11.9 Å². The molecule has 1 aromatic carbocycles. The van der Waals surface area contributed by atoms with Crippen LogP contribution in [-0.4, -0.2) is 17.1 Å². The minimum absolute atomic E-state index is 0.00259. The molecule has 4 nitrogen and oxygen atoms in total. The number of benzene rings is 1. The third-order valence-corrected chi connectivity index (χ3v) is 2.28. The van der Waals surface area contributed by atoms with Crippen LogP contribution in [-0.2, 0) is 11.0 Å². The number of carbonyl (C=O) groups is 1. The van der Waals surface area contributed by atoms with Crippen LogP contribution in [0.25, 0.3) is 0 Å². The number of hydrogen-bond acceptors (Lipinski definition) is 3. The van der Waals surface area contributed by atoms with Crippen LogP contribution in [0.4, 0.5) is 18.9 Å². The molecule has 1 rings (SSSR count). The van der Waals surface area contributed by atoms with Crippen molar-refractivity contribution in [2.45, 2.75) is 12.2 Å². The molecule has 1 atom stereocenters. The van der Waals surface area contributed by atoms with E-state index >= 15 is 0 Å². The summed E-state index contributed by atoms with van der Waals surface area (Å²) in [7, 11) is 0. The Morgan fingerprint density at radius 1 is 1.53 bits per heavy atom. The summed E-state index contributed by atoms with van der Waals surface area (Å²) in [4.78, 5) is 10.8. The topological polar surface area (TPSA) is 73.1 Å². The third kappa shape index (κ3) is 3.48. The molecule has 0 aliphatic heterocycles. The Balaban J connectivity index is 3.14. The molecule has 0 saturated carbocycles. The molecule has 0 aliphatic rings. The van der Waals surface area contributed by atoms with Gasteiger partial charge in [0, 0.05) is 0 Å². The lowest BCUT2D eigenvalue weighted by molar-refractivity contribution is -0.138. The van der Waals surface area contributed by atoms with Crippen molar-refractivity contribution in [2.24, 2.45) is 0 Å². The molecule has 0 spiro atoms. The molecule has 2 N–H and O–H groups in total. The van der Waals surface area contributed by atoms with Crippen molar-refractivity contribution in [1.82, 2.24) is 0 Å². The van der Waals surface area contributed by atoms with Gasteiger partial charge in [-0.2, -0.15) is 18.4 Å². The van der Waals surface area contributed by atoms with E-state index in [1.165, 1.54) is 0 Å². The number of alkyl halides is 3. The molecule has 0 aliphatic carbocycles. The minimum atomic E-state index is -4.56. The highest BCUT2D eigenvalue weighted by atomic mass is 19.4. The van der Waals surface area contributed by atoms with E-state index in [1.54, 1.807) is 6.07 Å². The molecule has 0 bridgehead atoms. The van der Waals surface area contributed by atoms with Crippen LogP contribution < -0.4 is 5.32 Å². The number of halogens is 3. The second kappa shape index (κ2) is 5.44. The standard InChI is InChI=1S/C12H9F3N2O2/c1-2-9(11(18)19)17-10-4-3-8(12(13,14)15)5-7(10)6-16/h2-5,9,17H,1H2,(H,18,19). The zero-order valence-corrected chi connectivity index (χ0v) is 9.53. The summed E-state index contributed by atoms with van der Waals surface area (Å²) in [5.41, 5.74) is -1.26. The van der Waals surface area contributed by atoms with Crippen molar-refractivity contribution in [3.63, 3.8) is 0 Å². The molecule has 100 valence electrons. The molecule has 1 aromatic rings. The van der Waals surface area contributed by atoms with Crippen molar-refractivity contribution < 1.29 is 23.1 Å². The van der Waals surface area contributed by atoms with E-state index in [9.17, 15) is 18.0 Å². The Hall–Kier alpha value is -2.49. The fraction of sp³-hybridized carbons (Fsp3) is 0.167. The van der Waals surface area contributed by atoms with Crippen molar-refractivity contribution in [2.75, 3.05) is 5.32 Å². The molecule has 0 amide bonds. The highest BCUT2D eigenvalue weighted by Crippen LogP contribution is 2.31. The van der Waals surface area contributed by atoms with Gasteiger partial charge in [-0.1, -0.05) is 6.08 Å². The number of carboxylic acid groups (broad SMARTS) is 1. The summed E-state index contributed by atoms with van der Waals surface area (Å²) >= 11 is 0. The molecule has 0 heterocycles. The molecule has 7 heteroatoms. The van der Waals surface area contributed by atoms with Gasteiger partial charge in [-0.3, -0.25) is 0 Å². The van der Waals surface area contributed by atoms with Crippen molar-refractivity contribution in [3.8, 4) is 6.07 Å². The summed E-state index contributed by atoms with van der Waals surface area (Å²) < 4.78 is 37.4. The first-order valence-corrected chi connectivity index (χ1v) is 5.03. The summed E-state index contributed by atoms with van der Waals surface area (Å²) in [6, 6.07) is 2.84. The maximum atomic E-state index is 12.5. The maximum absolute atomic E-state index is 12.5. The SMILES string of the molecule is C=CC(Nc1ccc(C(F)(F)F)cc1C#N)C(=O)O. The number of aliphatic carboxylic acids is 1. The van der Waals surface area contributed by atoms with Gasteiger partial charge in [0.1, 0.15) is 12.1 Å². The van der Waals surface area contributed by atoms with E-state index in [0.717, 1.165) is 18.2 Å². The average molecular weight is 270 g/mol. The van der Waals surface area contributed by atoms with Crippen LogP contribution in [0.5, 0.6) is 0 Å². The van der Waals surface area contributed by atoms with Gasteiger partial charge in [-0.05, 0) is 18.2 Å². The Kier molecular flexibility index (Phi) is 4.17. The molecule has 19 heavy (non-hydrogen) atoms. The average Bonchev–Trinajstić information content (AvgIpc) is 2.34. The van der Waals surface area contributed by atoms with E-state index in [1.807, 2.05) is 0 Å². The van der Waals surface area contributed by atoms with Gasteiger partial charge in [0.05, 0.1) is 16.8 Å². The molecular formula is C12H9F3N2O2. The predicted molar refractivity (Wildman–Crippen MR) is 61.4 cm³/mol. The predicted octanol–water partition coefficient (Wildman–Crippen LogP) is 2.63. The molecule has 0 fully saturated rings. The quantitative estimate of drug-likeness (QED) is 0.825. The normalized spacial score (nSPS) is 12.3. The molecule has 0 saturated heterocycles. The number of hydrogen-bond donors (Lipinski definition) is 2. The lowest BCUT2D eigenvalue weighted by atomic mass is 10.1. The fourth-order valence-corrected chi connectivity index (χ4v) is 1.33. The number of nitrogens with one attached hydrogen (secondary N) is 1. The Morgan fingerprint density at radius 2 is 2.16 bits per heavy atom. The summed E-state index contributed by atoms with van der Waals surface area (Å²) in [5.74, 6) is -1.25. The minimum Gasteiger partial charge on any atom is -0.479 e. The number of carboxylic acids is 1. The second-order valence-corrected chi connectivity index (χ2v) is 3.57. The first-order chi connectivity index (χ1) is 8.79. The van der Waals surface area contributed by atoms with Crippen LogP contribution in [0, 0.1) is 11.3 Å². The van der Waals surface area contributed by atoms with Crippen LogP contribution >= 0.6 is 0 Å². The van der Waals surface area contributed by atoms with Gasteiger partial charge in [0.15, 0.2) is 0 Å². The lowest BCUT2D eigenvalue weighted by Crippen LogP contribution is -2.27. The van der Waals surface area contributed by atoms with Crippen molar-refractivity contribution in [1.29, 1.82) is 5.26 Å². The van der Waals surface area contributed by atoms with Gasteiger partial charge >= 0.3 is 12.1 Å². The zero-order valence-electron chi connectivity index (χ0n) is 9.53. The Labute approximate surface area is 106 Å². The largest absolute Gasteiger partial charge is 0.479 e. The van der Waals surface area contributed by atoms with Crippen LogP contribution in [0.1, 0.15) is 11.1 Å². The first kappa shape index (κ1) is 14.6.